The van der Waals surface area contributed by atoms with Crippen LogP contribution in [0.5, 0.6) is 0 Å². The van der Waals surface area contributed by atoms with Gasteiger partial charge in [0.05, 0.1) is 0 Å². The van der Waals surface area contributed by atoms with Gasteiger partial charge in [0, 0.05) is 49.7 Å². The molecule has 0 spiro atoms. The quantitative estimate of drug-likeness (QED) is 0.834. The van der Waals surface area contributed by atoms with Crippen molar-refractivity contribution in [2.75, 3.05) is 26.2 Å². The second-order valence-corrected chi connectivity index (χ2v) is 7.29. The number of nitrogens with zero attached hydrogens (tertiary/aromatic N) is 2. The highest BCUT2D eigenvalue weighted by Gasteiger charge is 2.30. The van der Waals surface area contributed by atoms with Crippen LogP contribution in [0.15, 0.2) is 24.3 Å². The Morgan fingerprint density at radius 3 is 2.32 bits per heavy atom. The lowest BCUT2D eigenvalue weighted by atomic mass is 9.85. The maximum Gasteiger partial charge on any atom is 0.225 e. The molecule has 0 bridgehead atoms. The monoisotopic (exact) mass is 407 g/mol. The highest BCUT2D eigenvalue weighted by molar-refractivity contribution is 6.30. The Morgan fingerprint density at radius 1 is 1.08 bits per heavy atom. The summed E-state index contributed by atoms with van der Waals surface area (Å²) in [7, 11) is 0. The maximum absolute atomic E-state index is 12.6. The van der Waals surface area contributed by atoms with Gasteiger partial charge in [-0.25, -0.2) is 0 Å². The van der Waals surface area contributed by atoms with Gasteiger partial charge in [-0.15, -0.1) is 24.8 Å². The zero-order valence-corrected chi connectivity index (χ0v) is 16.8. The minimum absolute atomic E-state index is 0. The average molecular weight is 409 g/mol. The summed E-state index contributed by atoms with van der Waals surface area (Å²) < 4.78 is 0. The molecular formula is C18H28Cl3N3O. The summed E-state index contributed by atoms with van der Waals surface area (Å²) in [5.74, 6) is 0.479. The first-order chi connectivity index (χ1) is 11.1. The number of amides is 1. The van der Waals surface area contributed by atoms with Crippen molar-refractivity contribution in [3.63, 3.8) is 0 Å². The third-order valence-corrected chi connectivity index (χ3v) is 5.32. The molecule has 0 radical (unpaired) electrons. The predicted octanol–water partition coefficient (Wildman–Crippen LogP) is 3.35. The van der Waals surface area contributed by atoms with Crippen molar-refractivity contribution in [2.45, 2.75) is 38.3 Å². The molecule has 1 aromatic carbocycles. The van der Waals surface area contributed by atoms with Gasteiger partial charge >= 0.3 is 0 Å². The van der Waals surface area contributed by atoms with Gasteiger partial charge in [0.25, 0.3) is 0 Å². The molecular weight excluding hydrogens is 381 g/mol. The van der Waals surface area contributed by atoms with Crippen LogP contribution in [-0.2, 0) is 11.3 Å². The molecule has 2 atom stereocenters. The van der Waals surface area contributed by atoms with Crippen LogP contribution in [0.1, 0.15) is 31.2 Å². The lowest BCUT2D eigenvalue weighted by Crippen LogP contribution is -2.50. The van der Waals surface area contributed by atoms with Crippen molar-refractivity contribution in [1.82, 2.24) is 9.80 Å². The Hall–Kier alpha value is -0.520. The van der Waals surface area contributed by atoms with Crippen LogP contribution in [0.2, 0.25) is 5.02 Å². The SMILES string of the molecule is Cl.Cl.NC1CCCC(C(=O)N2CCN(Cc3ccc(Cl)cc3)CC2)C1. The van der Waals surface area contributed by atoms with E-state index < -0.39 is 0 Å². The van der Waals surface area contributed by atoms with Crippen molar-refractivity contribution in [3.8, 4) is 0 Å². The highest BCUT2D eigenvalue weighted by atomic mass is 35.5. The average Bonchev–Trinajstić information content (AvgIpc) is 2.57. The number of rotatable bonds is 3. The fraction of sp³-hybridized carbons (Fsp3) is 0.611. The molecule has 2 N–H and O–H groups in total. The molecule has 1 aliphatic heterocycles. The fourth-order valence-corrected chi connectivity index (χ4v) is 3.81. The molecule has 1 heterocycles. The minimum atomic E-state index is 0. The Morgan fingerprint density at radius 2 is 1.72 bits per heavy atom. The summed E-state index contributed by atoms with van der Waals surface area (Å²) in [6.07, 6.45) is 4.04. The first-order valence-electron chi connectivity index (χ1n) is 8.63. The fourth-order valence-electron chi connectivity index (χ4n) is 3.68. The minimum Gasteiger partial charge on any atom is -0.340 e. The number of carbonyl (C=O) groups is 1. The molecule has 25 heavy (non-hydrogen) atoms. The number of carbonyl (C=O) groups excluding carboxylic acids is 1. The molecule has 2 fully saturated rings. The van der Waals surface area contributed by atoms with E-state index >= 15 is 0 Å². The third kappa shape index (κ3) is 6.30. The van der Waals surface area contributed by atoms with Gasteiger partial charge in [-0.05, 0) is 37.0 Å². The van der Waals surface area contributed by atoms with Gasteiger partial charge in [0.1, 0.15) is 0 Å². The Kier molecular flexibility index (Phi) is 9.54. The lowest BCUT2D eigenvalue weighted by molar-refractivity contribution is -0.138. The van der Waals surface area contributed by atoms with Crippen molar-refractivity contribution in [3.05, 3.63) is 34.9 Å². The summed E-state index contributed by atoms with van der Waals surface area (Å²) in [5.41, 5.74) is 7.29. The number of piperazine rings is 1. The zero-order valence-electron chi connectivity index (χ0n) is 14.4. The van der Waals surface area contributed by atoms with Gasteiger partial charge in [-0.2, -0.15) is 0 Å². The van der Waals surface area contributed by atoms with Gasteiger partial charge < -0.3 is 10.6 Å². The van der Waals surface area contributed by atoms with E-state index in [-0.39, 0.29) is 36.8 Å². The van der Waals surface area contributed by atoms with Crippen LogP contribution < -0.4 is 5.73 Å². The molecule has 1 aromatic rings. The molecule has 4 nitrogen and oxygen atoms in total. The number of benzene rings is 1. The molecule has 142 valence electrons. The van der Waals surface area contributed by atoms with Crippen LogP contribution >= 0.6 is 36.4 Å². The topological polar surface area (TPSA) is 49.6 Å². The number of halogens is 3. The van der Waals surface area contributed by atoms with Crippen LogP contribution in [0.4, 0.5) is 0 Å². The summed E-state index contributed by atoms with van der Waals surface area (Å²) in [6.45, 7) is 4.46. The lowest BCUT2D eigenvalue weighted by Gasteiger charge is -2.37. The second kappa shape index (κ2) is 10.6. The normalized spacial score (nSPS) is 24.2. The number of hydrogen-bond acceptors (Lipinski definition) is 3. The van der Waals surface area contributed by atoms with Crippen molar-refractivity contribution in [2.24, 2.45) is 11.7 Å². The van der Waals surface area contributed by atoms with Gasteiger partial charge in [-0.1, -0.05) is 30.2 Å². The van der Waals surface area contributed by atoms with E-state index in [1.165, 1.54) is 5.56 Å². The van der Waals surface area contributed by atoms with E-state index in [4.69, 9.17) is 17.3 Å². The smallest absolute Gasteiger partial charge is 0.225 e. The van der Waals surface area contributed by atoms with Crippen LogP contribution in [0.25, 0.3) is 0 Å². The number of hydrogen-bond donors (Lipinski definition) is 1. The van der Waals surface area contributed by atoms with Crippen LogP contribution in [-0.4, -0.2) is 47.9 Å². The molecule has 1 saturated carbocycles. The second-order valence-electron chi connectivity index (χ2n) is 6.85. The van der Waals surface area contributed by atoms with E-state index in [1.807, 2.05) is 17.0 Å². The molecule has 7 heteroatoms. The molecule has 2 aliphatic rings. The largest absolute Gasteiger partial charge is 0.340 e. The summed E-state index contributed by atoms with van der Waals surface area (Å²) in [5, 5.41) is 0.773. The van der Waals surface area contributed by atoms with E-state index in [9.17, 15) is 4.79 Å². The molecule has 1 aliphatic carbocycles. The first kappa shape index (κ1) is 22.5. The van der Waals surface area contributed by atoms with E-state index in [1.54, 1.807) is 0 Å². The molecule has 1 amide bonds. The molecule has 2 unspecified atom stereocenters. The van der Waals surface area contributed by atoms with Gasteiger partial charge in [0.2, 0.25) is 5.91 Å². The maximum atomic E-state index is 12.6. The highest BCUT2D eigenvalue weighted by Crippen LogP contribution is 2.25. The van der Waals surface area contributed by atoms with Gasteiger partial charge in [-0.3, -0.25) is 9.69 Å². The first-order valence-corrected chi connectivity index (χ1v) is 9.01. The Bertz CT molecular complexity index is 533. The van der Waals surface area contributed by atoms with Crippen LogP contribution in [0, 0.1) is 5.92 Å². The van der Waals surface area contributed by atoms with E-state index in [2.05, 4.69) is 17.0 Å². The molecule has 1 saturated heterocycles. The third-order valence-electron chi connectivity index (χ3n) is 5.07. The molecule has 3 rings (SSSR count). The van der Waals surface area contributed by atoms with E-state index in [0.29, 0.717) is 5.91 Å². The molecule has 0 aromatic heterocycles. The Labute approximate surface area is 167 Å². The van der Waals surface area contributed by atoms with Gasteiger partial charge in [0.15, 0.2) is 0 Å². The van der Waals surface area contributed by atoms with Crippen molar-refractivity contribution in [1.29, 1.82) is 0 Å². The standard InChI is InChI=1S/C18H26ClN3O.2ClH/c19-16-6-4-14(5-7-16)13-21-8-10-22(11-9-21)18(23)15-2-1-3-17(20)12-15;;/h4-7,15,17H,1-3,8-13,20H2;2*1H. The van der Waals surface area contributed by atoms with Crippen molar-refractivity contribution >= 4 is 42.3 Å². The predicted molar refractivity (Wildman–Crippen MR) is 108 cm³/mol. The zero-order chi connectivity index (χ0) is 16.2. The van der Waals surface area contributed by atoms with Crippen molar-refractivity contribution < 1.29 is 4.79 Å². The Balaban J connectivity index is 0.00000156. The summed E-state index contributed by atoms with van der Waals surface area (Å²) >= 11 is 5.93. The van der Waals surface area contributed by atoms with E-state index in [0.717, 1.165) is 63.4 Å². The number of nitrogens with two attached hydrogens (primary N) is 1. The summed E-state index contributed by atoms with van der Waals surface area (Å²) in [4.78, 5) is 17.1. The summed E-state index contributed by atoms with van der Waals surface area (Å²) in [6, 6.07) is 8.22. The van der Waals surface area contributed by atoms with Crippen LogP contribution in [0.3, 0.4) is 0 Å².